The Labute approximate surface area is 104 Å². The Kier molecular flexibility index (Phi) is 2.16. The first-order valence-electron chi connectivity index (χ1n) is 5.67. The summed E-state index contributed by atoms with van der Waals surface area (Å²) in [6.07, 6.45) is 3.51. The summed E-state index contributed by atoms with van der Waals surface area (Å²) in [6, 6.07) is 6.07. The second-order valence-corrected chi connectivity index (χ2v) is 6.60. The molecule has 0 aromatic heterocycles. The number of thioether (sulfide) groups is 1. The molecule has 0 spiro atoms. The van der Waals surface area contributed by atoms with E-state index in [1.165, 1.54) is 0 Å². The third-order valence-electron chi connectivity index (χ3n) is 3.17. The molecule has 3 rings (SSSR count). The molecule has 17 heavy (non-hydrogen) atoms. The molecule has 1 aromatic carbocycles. The highest BCUT2D eigenvalue weighted by molar-refractivity contribution is 8.00. The van der Waals surface area contributed by atoms with Crippen LogP contribution in [-0.2, 0) is 10.3 Å². The first-order valence-corrected chi connectivity index (χ1v) is 6.49. The maximum Gasteiger partial charge on any atom is 0.235 e. The van der Waals surface area contributed by atoms with E-state index in [9.17, 15) is 4.79 Å². The summed E-state index contributed by atoms with van der Waals surface area (Å²) < 4.78 is 5.97. The zero-order chi connectivity index (χ0) is 12.1. The molecule has 1 aliphatic carbocycles. The first-order chi connectivity index (χ1) is 8.06. The summed E-state index contributed by atoms with van der Waals surface area (Å²) >= 11 is 1.71. The predicted octanol–water partition coefficient (Wildman–Crippen LogP) is 3.23. The minimum absolute atomic E-state index is 0.237. The molecule has 1 aliphatic heterocycles. The van der Waals surface area contributed by atoms with Gasteiger partial charge in [0.05, 0.1) is 4.90 Å². The van der Waals surface area contributed by atoms with E-state index in [1.807, 2.05) is 26.0 Å². The molecule has 1 aromatic rings. The third kappa shape index (κ3) is 1.68. The Hall–Kier alpha value is -1.25. The van der Waals surface area contributed by atoms with Crippen LogP contribution >= 0.6 is 11.8 Å². The number of rotatable bonds is 2. The van der Waals surface area contributed by atoms with Crippen LogP contribution in [0.25, 0.3) is 0 Å². The summed E-state index contributed by atoms with van der Waals surface area (Å²) in [6.45, 7) is 4.09. The zero-order valence-electron chi connectivity index (χ0n) is 9.82. The van der Waals surface area contributed by atoms with E-state index in [4.69, 9.17) is 4.74 Å². The van der Waals surface area contributed by atoms with Gasteiger partial charge in [0.2, 0.25) is 6.08 Å². The van der Waals surface area contributed by atoms with Crippen molar-refractivity contribution in [2.45, 2.75) is 42.1 Å². The molecule has 0 amide bonds. The van der Waals surface area contributed by atoms with Crippen molar-refractivity contribution >= 4 is 17.8 Å². The van der Waals surface area contributed by atoms with Crippen molar-refractivity contribution in [2.75, 3.05) is 0 Å². The van der Waals surface area contributed by atoms with Crippen molar-refractivity contribution in [1.29, 1.82) is 0 Å². The van der Waals surface area contributed by atoms with Crippen LogP contribution < -0.4 is 4.74 Å². The number of fused-ring (bicyclic) bond motifs is 1. The van der Waals surface area contributed by atoms with Gasteiger partial charge in [-0.15, -0.1) is 0 Å². The minimum atomic E-state index is -0.353. The predicted molar refractivity (Wildman–Crippen MR) is 66.0 cm³/mol. The van der Waals surface area contributed by atoms with Crippen molar-refractivity contribution in [1.82, 2.24) is 0 Å². The standard InChI is InChI=1S/C13H13NO2S/c1-12(2)16-11-9(4-3-5-10(11)17-12)13(6-7-13)14-8-15/h3-5H,6-7H2,1-2H3. The number of para-hydroxylation sites is 1. The lowest BCUT2D eigenvalue weighted by atomic mass is 10.0. The minimum Gasteiger partial charge on any atom is -0.475 e. The number of hydrogen-bond acceptors (Lipinski definition) is 4. The number of aliphatic imine (C=N–C) groups is 1. The maximum absolute atomic E-state index is 10.5. The first kappa shape index (κ1) is 10.9. The SMILES string of the molecule is CC1(C)Oc2c(cccc2C2(N=C=O)CC2)S1. The van der Waals surface area contributed by atoms with Gasteiger partial charge in [-0.2, -0.15) is 4.99 Å². The van der Waals surface area contributed by atoms with Crippen molar-refractivity contribution in [2.24, 2.45) is 4.99 Å². The van der Waals surface area contributed by atoms with E-state index in [0.29, 0.717) is 0 Å². The molecular formula is C13H13NO2S. The quantitative estimate of drug-likeness (QED) is 0.595. The molecule has 88 valence electrons. The molecule has 1 fully saturated rings. The number of hydrogen-bond donors (Lipinski definition) is 0. The number of isocyanates is 1. The fourth-order valence-corrected chi connectivity index (χ4v) is 3.29. The summed E-state index contributed by atoms with van der Waals surface area (Å²) in [4.78, 5) is 15.4. The average molecular weight is 247 g/mol. The van der Waals surface area contributed by atoms with Crippen LogP contribution in [0, 0.1) is 0 Å². The van der Waals surface area contributed by atoms with Gasteiger partial charge in [-0.05, 0) is 32.8 Å². The van der Waals surface area contributed by atoms with Gasteiger partial charge in [0, 0.05) is 5.56 Å². The van der Waals surface area contributed by atoms with Gasteiger partial charge in [-0.3, -0.25) is 0 Å². The van der Waals surface area contributed by atoms with Crippen molar-refractivity contribution in [3.05, 3.63) is 23.8 Å². The van der Waals surface area contributed by atoms with Crippen LogP contribution in [0.15, 0.2) is 28.1 Å². The van der Waals surface area contributed by atoms with Gasteiger partial charge in [0.15, 0.2) is 4.93 Å². The molecule has 0 atom stereocenters. The van der Waals surface area contributed by atoms with Gasteiger partial charge in [0.1, 0.15) is 11.3 Å². The summed E-state index contributed by atoms with van der Waals surface area (Å²) in [5, 5.41) is 0. The normalized spacial score (nSPS) is 22.2. The molecule has 0 saturated heterocycles. The van der Waals surface area contributed by atoms with Crippen molar-refractivity contribution in [3.8, 4) is 5.75 Å². The molecule has 1 heterocycles. The topological polar surface area (TPSA) is 38.7 Å². The number of benzene rings is 1. The van der Waals surface area contributed by atoms with Gasteiger partial charge in [0.25, 0.3) is 0 Å². The van der Waals surface area contributed by atoms with Gasteiger partial charge in [-0.25, -0.2) is 4.79 Å². The van der Waals surface area contributed by atoms with E-state index >= 15 is 0 Å². The smallest absolute Gasteiger partial charge is 0.235 e. The Morgan fingerprint density at radius 2 is 2.18 bits per heavy atom. The Morgan fingerprint density at radius 1 is 1.41 bits per heavy atom. The average Bonchev–Trinajstić information content (AvgIpc) is 2.94. The maximum atomic E-state index is 10.5. The summed E-state index contributed by atoms with van der Waals surface area (Å²) in [7, 11) is 0. The second kappa shape index (κ2) is 3.37. The number of carbonyl (C=O) groups excluding carboxylic acids is 1. The van der Waals surface area contributed by atoms with E-state index in [-0.39, 0.29) is 10.5 Å². The molecule has 0 unspecified atom stereocenters. The van der Waals surface area contributed by atoms with Crippen molar-refractivity contribution < 1.29 is 9.53 Å². The second-order valence-electron chi connectivity index (χ2n) is 4.97. The molecule has 1 saturated carbocycles. The fraction of sp³-hybridized carbons (Fsp3) is 0.462. The van der Waals surface area contributed by atoms with Crippen LogP contribution in [0.5, 0.6) is 5.75 Å². The summed E-state index contributed by atoms with van der Waals surface area (Å²) in [5.74, 6) is 0.902. The Balaban J connectivity index is 2.10. The zero-order valence-corrected chi connectivity index (χ0v) is 10.6. The van der Waals surface area contributed by atoms with Gasteiger partial charge in [-0.1, -0.05) is 23.9 Å². The number of nitrogens with zero attached hydrogens (tertiary/aromatic N) is 1. The number of ether oxygens (including phenoxy) is 1. The highest BCUT2D eigenvalue weighted by atomic mass is 32.2. The van der Waals surface area contributed by atoms with E-state index in [2.05, 4.69) is 11.1 Å². The fourth-order valence-electron chi connectivity index (χ4n) is 2.25. The largest absolute Gasteiger partial charge is 0.475 e. The molecule has 4 heteroatoms. The van der Waals surface area contributed by atoms with Crippen LogP contribution in [-0.4, -0.2) is 11.0 Å². The lowest BCUT2D eigenvalue weighted by molar-refractivity contribution is 0.211. The lowest BCUT2D eigenvalue weighted by Gasteiger charge is -2.18. The van der Waals surface area contributed by atoms with E-state index < -0.39 is 0 Å². The third-order valence-corrected chi connectivity index (χ3v) is 4.28. The van der Waals surface area contributed by atoms with Crippen molar-refractivity contribution in [3.63, 3.8) is 0 Å². The van der Waals surface area contributed by atoms with Crippen LogP contribution in [0.1, 0.15) is 32.3 Å². The Bertz CT molecular complexity index is 528. The van der Waals surface area contributed by atoms with Crippen LogP contribution in [0.2, 0.25) is 0 Å². The molecule has 3 nitrogen and oxygen atoms in total. The highest BCUT2D eigenvalue weighted by Crippen LogP contribution is 2.57. The summed E-state index contributed by atoms with van der Waals surface area (Å²) in [5.41, 5.74) is 0.685. The molecule has 0 radical (unpaired) electrons. The van der Waals surface area contributed by atoms with E-state index in [1.54, 1.807) is 17.8 Å². The van der Waals surface area contributed by atoms with Crippen LogP contribution in [0.4, 0.5) is 0 Å². The lowest BCUT2D eigenvalue weighted by Crippen LogP contribution is -2.19. The van der Waals surface area contributed by atoms with Gasteiger partial charge < -0.3 is 4.74 Å². The molecule has 0 bridgehead atoms. The van der Waals surface area contributed by atoms with E-state index in [0.717, 1.165) is 29.1 Å². The Morgan fingerprint density at radius 3 is 2.82 bits per heavy atom. The molecular weight excluding hydrogens is 234 g/mol. The van der Waals surface area contributed by atoms with Crippen LogP contribution in [0.3, 0.4) is 0 Å². The molecule has 0 N–H and O–H groups in total. The van der Waals surface area contributed by atoms with Gasteiger partial charge >= 0.3 is 0 Å². The monoisotopic (exact) mass is 247 g/mol. The highest BCUT2D eigenvalue weighted by Gasteiger charge is 2.49. The molecule has 2 aliphatic rings.